The second kappa shape index (κ2) is 6.28. The third-order valence-corrected chi connectivity index (χ3v) is 5.12. The summed E-state index contributed by atoms with van der Waals surface area (Å²) in [6, 6.07) is 3.81. The Kier molecular flexibility index (Phi) is 4.87. The van der Waals surface area contributed by atoms with Gasteiger partial charge in [-0.3, -0.25) is 0 Å². The Hall–Kier alpha value is -0.860. The van der Waals surface area contributed by atoms with Crippen molar-refractivity contribution in [2.45, 2.75) is 18.4 Å². The smallest absolute Gasteiger partial charge is 0.416 e. The zero-order valence-electron chi connectivity index (χ0n) is 10.1. The standard InChI is InChI=1S/C12H11F3O3S2/c13-12(14,15)8-3-1-7(2-4-8)11(17)18-10-6-20-19-5-9(10)16/h1-4,9-10,16H,5-6H2/t9-,10-/m1/s1. The van der Waals surface area contributed by atoms with Crippen molar-refractivity contribution in [1.29, 1.82) is 0 Å². The van der Waals surface area contributed by atoms with Crippen LogP contribution in [0, 0.1) is 0 Å². The lowest BCUT2D eigenvalue weighted by Gasteiger charge is -2.26. The van der Waals surface area contributed by atoms with Gasteiger partial charge in [0.05, 0.1) is 11.1 Å². The van der Waals surface area contributed by atoms with E-state index in [1.54, 1.807) is 0 Å². The molecule has 0 aromatic heterocycles. The maximum Gasteiger partial charge on any atom is 0.416 e. The summed E-state index contributed by atoms with van der Waals surface area (Å²) in [6.07, 6.45) is -5.81. The van der Waals surface area contributed by atoms with E-state index < -0.39 is 29.9 Å². The number of hydrogen-bond donors (Lipinski definition) is 1. The Bertz CT molecular complexity index is 476. The maximum atomic E-state index is 12.4. The van der Waals surface area contributed by atoms with E-state index in [4.69, 9.17) is 4.74 Å². The predicted molar refractivity (Wildman–Crippen MR) is 71.6 cm³/mol. The lowest BCUT2D eigenvalue weighted by Crippen LogP contribution is -2.37. The van der Waals surface area contributed by atoms with E-state index in [0.29, 0.717) is 11.5 Å². The number of alkyl halides is 3. The van der Waals surface area contributed by atoms with Crippen LogP contribution >= 0.6 is 21.6 Å². The highest BCUT2D eigenvalue weighted by atomic mass is 33.1. The molecule has 3 nitrogen and oxygen atoms in total. The van der Waals surface area contributed by atoms with Crippen molar-refractivity contribution in [1.82, 2.24) is 0 Å². The molecule has 0 bridgehead atoms. The first kappa shape index (κ1) is 15.5. The number of carbonyl (C=O) groups excluding carboxylic acids is 1. The third kappa shape index (κ3) is 3.83. The summed E-state index contributed by atoms with van der Waals surface area (Å²) in [6.45, 7) is 0. The van der Waals surface area contributed by atoms with Gasteiger partial charge in [-0.25, -0.2) is 4.79 Å². The second-order valence-electron chi connectivity index (χ2n) is 4.16. The summed E-state index contributed by atoms with van der Waals surface area (Å²) in [4.78, 5) is 11.8. The molecule has 0 aliphatic carbocycles. The number of rotatable bonds is 2. The predicted octanol–water partition coefficient (Wildman–Crippen LogP) is 2.99. The Balaban J connectivity index is 2.02. The topological polar surface area (TPSA) is 46.5 Å². The highest BCUT2D eigenvalue weighted by molar-refractivity contribution is 8.76. The summed E-state index contributed by atoms with van der Waals surface area (Å²) in [5, 5.41) is 9.66. The number of ether oxygens (including phenoxy) is 1. The van der Waals surface area contributed by atoms with Crippen LogP contribution in [0.2, 0.25) is 0 Å². The largest absolute Gasteiger partial charge is 0.455 e. The summed E-state index contributed by atoms with van der Waals surface area (Å²) in [5.74, 6) is 0.184. The molecular formula is C12H11F3O3S2. The normalized spacial score (nSPS) is 23.4. The van der Waals surface area contributed by atoms with Crippen LogP contribution < -0.4 is 0 Å². The SMILES string of the molecule is O=C(O[C@@H]1CSSC[C@H]1O)c1ccc(C(F)(F)F)cc1. The van der Waals surface area contributed by atoms with Crippen molar-refractivity contribution < 1.29 is 27.8 Å². The van der Waals surface area contributed by atoms with Gasteiger partial charge in [0, 0.05) is 11.5 Å². The number of esters is 1. The van der Waals surface area contributed by atoms with Crippen LogP contribution in [-0.2, 0) is 10.9 Å². The van der Waals surface area contributed by atoms with Gasteiger partial charge in [0.25, 0.3) is 0 Å². The van der Waals surface area contributed by atoms with Crippen LogP contribution in [0.25, 0.3) is 0 Å². The van der Waals surface area contributed by atoms with Crippen molar-refractivity contribution in [2.24, 2.45) is 0 Å². The zero-order chi connectivity index (χ0) is 14.8. The lowest BCUT2D eigenvalue weighted by atomic mass is 10.1. The van der Waals surface area contributed by atoms with Gasteiger partial charge in [-0.05, 0) is 24.3 Å². The molecule has 1 saturated heterocycles. The molecule has 1 aromatic rings. The van der Waals surface area contributed by atoms with Crippen LogP contribution in [0.1, 0.15) is 15.9 Å². The first-order valence-corrected chi connectivity index (χ1v) is 8.17. The van der Waals surface area contributed by atoms with Crippen molar-refractivity contribution in [3.8, 4) is 0 Å². The monoisotopic (exact) mass is 324 g/mol. The summed E-state index contributed by atoms with van der Waals surface area (Å²) in [7, 11) is 2.97. The third-order valence-electron chi connectivity index (χ3n) is 2.69. The van der Waals surface area contributed by atoms with Gasteiger partial charge in [-0.1, -0.05) is 21.6 Å². The molecule has 0 amide bonds. The molecule has 0 unspecified atom stereocenters. The molecule has 1 fully saturated rings. The van der Waals surface area contributed by atoms with Gasteiger partial charge in [0.2, 0.25) is 0 Å². The van der Waals surface area contributed by atoms with Crippen LogP contribution in [0.15, 0.2) is 24.3 Å². The first-order chi connectivity index (χ1) is 9.38. The van der Waals surface area contributed by atoms with Crippen LogP contribution in [0.4, 0.5) is 13.2 Å². The van der Waals surface area contributed by atoms with Crippen molar-refractivity contribution in [2.75, 3.05) is 11.5 Å². The molecule has 1 aromatic carbocycles. The minimum absolute atomic E-state index is 0.0356. The molecule has 1 aliphatic heterocycles. The molecule has 0 radical (unpaired) electrons. The molecule has 8 heteroatoms. The molecule has 2 atom stereocenters. The summed E-state index contributed by atoms with van der Waals surface area (Å²) < 4.78 is 42.3. The molecule has 20 heavy (non-hydrogen) atoms. The van der Waals surface area contributed by atoms with E-state index in [0.717, 1.165) is 24.3 Å². The van der Waals surface area contributed by atoms with Gasteiger partial charge in [0.1, 0.15) is 12.2 Å². The van der Waals surface area contributed by atoms with E-state index in [-0.39, 0.29) is 5.56 Å². The Morgan fingerprint density at radius 3 is 2.35 bits per heavy atom. The average molecular weight is 324 g/mol. The molecule has 1 N–H and O–H groups in total. The Morgan fingerprint density at radius 1 is 1.20 bits per heavy atom. The molecule has 0 saturated carbocycles. The van der Waals surface area contributed by atoms with Crippen molar-refractivity contribution in [3.63, 3.8) is 0 Å². The first-order valence-electron chi connectivity index (χ1n) is 5.68. The molecule has 1 aliphatic rings. The number of carbonyl (C=O) groups is 1. The van der Waals surface area contributed by atoms with E-state index in [9.17, 15) is 23.1 Å². The Labute approximate surface area is 121 Å². The van der Waals surface area contributed by atoms with Gasteiger partial charge in [0.15, 0.2) is 0 Å². The van der Waals surface area contributed by atoms with E-state index in [1.807, 2.05) is 0 Å². The number of benzene rings is 1. The molecule has 110 valence electrons. The number of halogens is 3. The van der Waals surface area contributed by atoms with E-state index in [2.05, 4.69) is 0 Å². The van der Waals surface area contributed by atoms with Gasteiger partial charge < -0.3 is 9.84 Å². The fourth-order valence-electron chi connectivity index (χ4n) is 1.56. The number of aliphatic hydroxyl groups is 1. The second-order valence-corrected chi connectivity index (χ2v) is 6.71. The molecule has 0 spiro atoms. The molecule has 2 rings (SSSR count). The van der Waals surface area contributed by atoms with Gasteiger partial charge in [-0.15, -0.1) is 0 Å². The fraction of sp³-hybridized carbons (Fsp3) is 0.417. The highest BCUT2D eigenvalue weighted by Crippen LogP contribution is 2.32. The number of aliphatic hydroxyl groups excluding tert-OH is 1. The maximum absolute atomic E-state index is 12.4. The van der Waals surface area contributed by atoms with Crippen LogP contribution in [0.5, 0.6) is 0 Å². The fourth-order valence-corrected chi connectivity index (χ4v) is 3.93. The number of hydrogen-bond acceptors (Lipinski definition) is 5. The van der Waals surface area contributed by atoms with E-state index in [1.165, 1.54) is 21.6 Å². The summed E-state index contributed by atoms with van der Waals surface area (Å²) in [5.41, 5.74) is -0.785. The van der Waals surface area contributed by atoms with Crippen molar-refractivity contribution >= 4 is 27.6 Å². The van der Waals surface area contributed by atoms with Crippen molar-refractivity contribution in [3.05, 3.63) is 35.4 Å². The lowest BCUT2D eigenvalue weighted by molar-refractivity contribution is -0.137. The molecule has 1 heterocycles. The summed E-state index contributed by atoms with van der Waals surface area (Å²) >= 11 is 0. The minimum Gasteiger partial charge on any atom is -0.455 e. The van der Waals surface area contributed by atoms with E-state index >= 15 is 0 Å². The zero-order valence-corrected chi connectivity index (χ0v) is 11.7. The highest BCUT2D eigenvalue weighted by Gasteiger charge is 2.31. The van der Waals surface area contributed by atoms with Gasteiger partial charge in [-0.2, -0.15) is 13.2 Å². The Morgan fingerprint density at radius 2 is 1.80 bits per heavy atom. The van der Waals surface area contributed by atoms with Crippen LogP contribution in [0.3, 0.4) is 0 Å². The van der Waals surface area contributed by atoms with Crippen LogP contribution in [-0.4, -0.2) is 34.8 Å². The average Bonchev–Trinajstić information content (AvgIpc) is 2.40. The molecular weight excluding hydrogens is 313 g/mol. The van der Waals surface area contributed by atoms with Gasteiger partial charge >= 0.3 is 12.1 Å². The minimum atomic E-state index is -4.43. The quantitative estimate of drug-likeness (QED) is 0.669.